The van der Waals surface area contributed by atoms with E-state index in [1.54, 1.807) is 6.07 Å². The van der Waals surface area contributed by atoms with Crippen molar-refractivity contribution in [3.8, 4) is 0 Å². The van der Waals surface area contributed by atoms with Crippen molar-refractivity contribution in [3.05, 3.63) is 29.1 Å². The van der Waals surface area contributed by atoms with Gasteiger partial charge in [-0.2, -0.15) is 13.2 Å². The Hall–Kier alpha value is -1.63. The summed E-state index contributed by atoms with van der Waals surface area (Å²) in [6, 6.07) is 3.15. The number of anilines is 1. The van der Waals surface area contributed by atoms with Crippen molar-refractivity contribution in [1.82, 2.24) is 5.32 Å². The zero-order chi connectivity index (χ0) is 17.3. The standard InChI is InChI=1S/C17H20F4N2O/c18-15-11-7-8-22-9-10(11)5-6-14(15)23-16(24)12-3-1-2-4-13(12)17(19,20)21/h5-6,12-13,22H,1-4,7-9H2,(H,23,24). The first-order valence-corrected chi connectivity index (χ1v) is 8.26. The van der Waals surface area contributed by atoms with Gasteiger partial charge in [0.15, 0.2) is 0 Å². The Kier molecular flexibility index (Phi) is 4.80. The van der Waals surface area contributed by atoms with Crippen LogP contribution in [0.2, 0.25) is 0 Å². The molecule has 24 heavy (non-hydrogen) atoms. The molecule has 0 saturated heterocycles. The molecular formula is C17H20F4N2O. The summed E-state index contributed by atoms with van der Waals surface area (Å²) in [7, 11) is 0. The minimum Gasteiger partial charge on any atom is -0.323 e. The smallest absolute Gasteiger partial charge is 0.323 e. The van der Waals surface area contributed by atoms with Crippen LogP contribution in [0.15, 0.2) is 12.1 Å². The van der Waals surface area contributed by atoms with E-state index < -0.39 is 29.7 Å². The van der Waals surface area contributed by atoms with Gasteiger partial charge in [-0.15, -0.1) is 0 Å². The van der Waals surface area contributed by atoms with Crippen LogP contribution in [0, 0.1) is 17.7 Å². The van der Waals surface area contributed by atoms with Crippen LogP contribution >= 0.6 is 0 Å². The molecule has 1 saturated carbocycles. The third-order valence-electron chi connectivity index (χ3n) is 4.99. The molecule has 0 spiro atoms. The van der Waals surface area contributed by atoms with E-state index in [4.69, 9.17) is 0 Å². The summed E-state index contributed by atoms with van der Waals surface area (Å²) in [6.07, 6.45) is -2.70. The van der Waals surface area contributed by atoms with Crippen LogP contribution in [-0.2, 0) is 17.8 Å². The molecule has 132 valence electrons. The molecule has 2 aliphatic rings. The number of rotatable bonds is 2. The number of benzene rings is 1. The molecule has 1 aliphatic carbocycles. The molecule has 1 aromatic carbocycles. The Morgan fingerprint density at radius 2 is 1.96 bits per heavy atom. The highest BCUT2D eigenvalue weighted by Crippen LogP contribution is 2.42. The Balaban J connectivity index is 1.79. The van der Waals surface area contributed by atoms with Crippen molar-refractivity contribution in [2.45, 2.75) is 44.8 Å². The van der Waals surface area contributed by atoms with E-state index in [9.17, 15) is 22.4 Å². The van der Waals surface area contributed by atoms with E-state index >= 15 is 0 Å². The van der Waals surface area contributed by atoms with Crippen molar-refractivity contribution in [2.75, 3.05) is 11.9 Å². The second-order valence-corrected chi connectivity index (χ2v) is 6.52. The third kappa shape index (κ3) is 3.41. The van der Waals surface area contributed by atoms with Gasteiger partial charge in [-0.25, -0.2) is 4.39 Å². The van der Waals surface area contributed by atoms with E-state index in [2.05, 4.69) is 10.6 Å². The van der Waals surface area contributed by atoms with Crippen molar-refractivity contribution in [2.24, 2.45) is 11.8 Å². The van der Waals surface area contributed by atoms with E-state index in [0.29, 0.717) is 37.9 Å². The largest absolute Gasteiger partial charge is 0.392 e. The number of amides is 1. The van der Waals surface area contributed by atoms with Crippen LogP contribution in [0.1, 0.15) is 36.8 Å². The normalized spacial score (nSPS) is 24.3. The van der Waals surface area contributed by atoms with Gasteiger partial charge >= 0.3 is 6.18 Å². The molecule has 0 radical (unpaired) electrons. The van der Waals surface area contributed by atoms with Gasteiger partial charge in [0.1, 0.15) is 5.82 Å². The number of hydrogen-bond acceptors (Lipinski definition) is 2. The molecule has 1 fully saturated rings. The van der Waals surface area contributed by atoms with Gasteiger partial charge in [-0.1, -0.05) is 18.9 Å². The molecule has 3 nitrogen and oxygen atoms in total. The molecule has 2 unspecified atom stereocenters. The Labute approximate surface area is 137 Å². The summed E-state index contributed by atoms with van der Waals surface area (Å²) < 4.78 is 53.9. The number of hydrogen-bond donors (Lipinski definition) is 2. The van der Waals surface area contributed by atoms with Crippen LogP contribution in [0.4, 0.5) is 23.2 Å². The zero-order valence-corrected chi connectivity index (χ0v) is 13.2. The quantitative estimate of drug-likeness (QED) is 0.802. The summed E-state index contributed by atoms with van der Waals surface area (Å²) in [4.78, 5) is 12.4. The summed E-state index contributed by atoms with van der Waals surface area (Å²) in [5, 5.41) is 5.52. The first-order chi connectivity index (χ1) is 11.4. The molecule has 0 aromatic heterocycles. The third-order valence-corrected chi connectivity index (χ3v) is 4.99. The van der Waals surface area contributed by atoms with Crippen LogP contribution < -0.4 is 10.6 Å². The number of carbonyl (C=O) groups excluding carboxylic acids is 1. The lowest BCUT2D eigenvalue weighted by Gasteiger charge is -2.32. The molecule has 2 atom stereocenters. The number of fused-ring (bicyclic) bond motifs is 1. The molecule has 7 heteroatoms. The van der Waals surface area contributed by atoms with Crippen LogP contribution in [0.3, 0.4) is 0 Å². The Morgan fingerprint density at radius 3 is 2.71 bits per heavy atom. The monoisotopic (exact) mass is 344 g/mol. The van der Waals surface area contributed by atoms with Crippen LogP contribution in [0.25, 0.3) is 0 Å². The summed E-state index contributed by atoms with van der Waals surface area (Å²) in [5.74, 6) is -4.04. The lowest BCUT2D eigenvalue weighted by Crippen LogP contribution is -2.40. The van der Waals surface area contributed by atoms with E-state index in [1.807, 2.05) is 0 Å². The maximum absolute atomic E-state index is 14.5. The topological polar surface area (TPSA) is 41.1 Å². The lowest BCUT2D eigenvalue weighted by atomic mass is 9.78. The average Bonchev–Trinajstić information content (AvgIpc) is 2.57. The van der Waals surface area contributed by atoms with Crippen molar-refractivity contribution >= 4 is 11.6 Å². The fourth-order valence-electron chi connectivity index (χ4n) is 3.69. The maximum Gasteiger partial charge on any atom is 0.392 e. The molecule has 1 amide bonds. The highest BCUT2D eigenvalue weighted by Gasteiger charge is 2.48. The average molecular weight is 344 g/mol. The molecule has 0 bridgehead atoms. The molecule has 1 heterocycles. The van der Waals surface area contributed by atoms with Crippen LogP contribution in [0.5, 0.6) is 0 Å². The predicted molar refractivity (Wildman–Crippen MR) is 81.9 cm³/mol. The second kappa shape index (κ2) is 6.70. The highest BCUT2D eigenvalue weighted by atomic mass is 19.4. The first kappa shape index (κ1) is 17.2. The minimum atomic E-state index is -4.40. The van der Waals surface area contributed by atoms with Crippen LogP contribution in [-0.4, -0.2) is 18.6 Å². The SMILES string of the molecule is O=C(Nc1ccc2c(c1F)CCNC2)C1CCCCC1C(F)(F)F. The molecule has 1 aromatic rings. The van der Waals surface area contributed by atoms with Gasteiger partial charge in [0.2, 0.25) is 5.91 Å². The van der Waals surface area contributed by atoms with Gasteiger partial charge in [-0.05, 0) is 43.0 Å². The van der Waals surface area contributed by atoms with E-state index in [1.165, 1.54) is 6.07 Å². The van der Waals surface area contributed by atoms with Crippen molar-refractivity contribution in [3.63, 3.8) is 0 Å². The van der Waals surface area contributed by atoms with Crippen molar-refractivity contribution < 1.29 is 22.4 Å². The van der Waals surface area contributed by atoms with E-state index in [-0.39, 0.29) is 18.5 Å². The van der Waals surface area contributed by atoms with Gasteiger partial charge < -0.3 is 10.6 Å². The number of carbonyl (C=O) groups is 1. The van der Waals surface area contributed by atoms with Crippen molar-refractivity contribution in [1.29, 1.82) is 0 Å². The molecule has 2 N–H and O–H groups in total. The van der Waals surface area contributed by atoms with Gasteiger partial charge in [0.25, 0.3) is 0 Å². The van der Waals surface area contributed by atoms with Gasteiger partial charge in [0, 0.05) is 12.5 Å². The minimum absolute atomic E-state index is 0.0212. The van der Waals surface area contributed by atoms with E-state index in [0.717, 1.165) is 5.56 Å². The van der Waals surface area contributed by atoms with Gasteiger partial charge in [0.05, 0.1) is 11.6 Å². The fraction of sp³-hybridized carbons (Fsp3) is 0.588. The zero-order valence-electron chi connectivity index (χ0n) is 13.2. The summed E-state index contributed by atoms with van der Waals surface area (Å²) in [5.41, 5.74) is 1.33. The first-order valence-electron chi connectivity index (χ1n) is 8.26. The Morgan fingerprint density at radius 1 is 1.21 bits per heavy atom. The summed E-state index contributed by atoms with van der Waals surface area (Å²) in [6.45, 7) is 1.19. The fourth-order valence-corrected chi connectivity index (χ4v) is 3.69. The van der Waals surface area contributed by atoms with Gasteiger partial charge in [-0.3, -0.25) is 4.79 Å². The number of halogens is 4. The second-order valence-electron chi connectivity index (χ2n) is 6.52. The maximum atomic E-state index is 14.5. The molecule has 3 rings (SSSR count). The number of nitrogens with one attached hydrogen (secondary N) is 2. The highest BCUT2D eigenvalue weighted by molar-refractivity contribution is 5.93. The summed E-state index contributed by atoms with van der Waals surface area (Å²) >= 11 is 0. The lowest BCUT2D eigenvalue weighted by molar-refractivity contribution is -0.197. The molecular weight excluding hydrogens is 324 g/mol. The number of alkyl halides is 3. The Bertz CT molecular complexity index is 630. The predicted octanol–water partition coefficient (Wildman–Crippen LogP) is 3.78. The molecule has 1 aliphatic heterocycles.